The van der Waals surface area contributed by atoms with Gasteiger partial charge in [0.15, 0.2) is 0 Å². The SMILES string of the molecule is O=S(=O)(O)ON=C(CCCCS)SC1OC(CO)C(O)C(O)C1O. The molecule has 1 aliphatic heterocycles. The van der Waals surface area contributed by atoms with Gasteiger partial charge in [-0.3, -0.25) is 4.55 Å². The molecule has 1 fully saturated rings. The van der Waals surface area contributed by atoms with Gasteiger partial charge in [-0.2, -0.15) is 21.0 Å². The molecule has 0 aromatic heterocycles. The molecular weight excluding hydrogens is 386 g/mol. The lowest BCUT2D eigenvalue weighted by Crippen LogP contribution is -2.57. The Bertz CT molecular complexity index is 513. The van der Waals surface area contributed by atoms with Crippen LogP contribution >= 0.6 is 24.4 Å². The van der Waals surface area contributed by atoms with Gasteiger partial charge in [-0.25, -0.2) is 4.28 Å². The van der Waals surface area contributed by atoms with E-state index < -0.39 is 46.9 Å². The smallest absolute Gasteiger partial charge is 0.394 e. The highest BCUT2D eigenvalue weighted by molar-refractivity contribution is 8.14. The molecule has 10 nitrogen and oxygen atoms in total. The third-order valence-electron chi connectivity index (χ3n) is 3.13. The van der Waals surface area contributed by atoms with Crippen LogP contribution in [0.25, 0.3) is 0 Å². The van der Waals surface area contributed by atoms with Crippen molar-refractivity contribution in [2.45, 2.75) is 49.1 Å². The molecule has 13 heteroatoms. The minimum absolute atomic E-state index is 0.0822. The highest BCUT2D eigenvalue weighted by atomic mass is 32.3. The molecule has 0 aliphatic carbocycles. The molecule has 1 heterocycles. The fraction of sp³-hybridized carbons (Fsp3) is 0.909. The minimum Gasteiger partial charge on any atom is -0.394 e. The predicted molar refractivity (Wildman–Crippen MR) is 89.1 cm³/mol. The van der Waals surface area contributed by atoms with Crippen LogP contribution in [0, 0.1) is 0 Å². The highest BCUT2D eigenvalue weighted by Gasteiger charge is 2.44. The van der Waals surface area contributed by atoms with Gasteiger partial charge in [-0.15, -0.1) is 0 Å². The van der Waals surface area contributed by atoms with Crippen molar-refractivity contribution in [2.75, 3.05) is 12.4 Å². The first-order valence-corrected chi connectivity index (χ1v) is 9.88. The second-order valence-electron chi connectivity index (χ2n) is 4.98. The third kappa shape index (κ3) is 7.01. The quantitative estimate of drug-likeness (QED) is 0.0715. The van der Waals surface area contributed by atoms with E-state index in [0.717, 1.165) is 11.8 Å². The topological polar surface area (TPSA) is 166 Å². The average Bonchev–Trinajstić information content (AvgIpc) is 2.52. The summed E-state index contributed by atoms with van der Waals surface area (Å²) in [4.78, 5) is 0. The van der Waals surface area contributed by atoms with Gasteiger partial charge in [0.25, 0.3) is 0 Å². The van der Waals surface area contributed by atoms with E-state index in [1.807, 2.05) is 0 Å². The summed E-state index contributed by atoms with van der Waals surface area (Å²) in [6, 6.07) is 0. The maximum absolute atomic E-state index is 10.6. The van der Waals surface area contributed by atoms with Gasteiger partial charge in [-0.1, -0.05) is 16.9 Å². The fourth-order valence-electron chi connectivity index (χ4n) is 1.90. The zero-order chi connectivity index (χ0) is 18.3. The van der Waals surface area contributed by atoms with Crippen LogP contribution in [0.15, 0.2) is 5.16 Å². The first-order valence-electron chi connectivity index (χ1n) is 7.00. The number of unbranched alkanes of at least 4 members (excludes halogenated alkanes) is 1. The van der Waals surface area contributed by atoms with E-state index in [1.165, 1.54) is 0 Å². The molecular formula is C11H21NO9S3. The Morgan fingerprint density at radius 1 is 1.21 bits per heavy atom. The van der Waals surface area contributed by atoms with Gasteiger partial charge in [0.05, 0.1) is 6.61 Å². The summed E-state index contributed by atoms with van der Waals surface area (Å²) in [5, 5.41) is 41.9. The zero-order valence-electron chi connectivity index (χ0n) is 12.5. The number of ether oxygens (including phenoxy) is 1. The van der Waals surface area contributed by atoms with E-state index in [9.17, 15) is 23.7 Å². The summed E-state index contributed by atoms with van der Waals surface area (Å²) in [6.07, 6.45) is -4.15. The second kappa shape index (κ2) is 10.1. The normalized spacial score (nSPS) is 31.9. The summed E-state index contributed by atoms with van der Waals surface area (Å²) in [5.41, 5.74) is -1.12. The molecule has 0 bridgehead atoms. The van der Waals surface area contributed by atoms with Crippen LogP contribution in [0.4, 0.5) is 0 Å². The van der Waals surface area contributed by atoms with Crippen LogP contribution in [0.5, 0.6) is 0 Å². The molecule has 0 spiro atoms. The third-order valence-corrected chi connectivity index (χ3v) is 4.88. The van der Waals surface area contributed by atoms with Crippen LogP contribution in [-0.4, -0.2) is 80.7 Å². The lowest BCUT2D eigenvalue weighted by atomic mass is 10.0. The number of rotatable bonds is 8. The van der Waals surface area contributed by atoms with Gasteiger partial charge in [0.2, 0.25) is 0 Å². The number of hydrogen-bond donors (Lipinski definition) is 6. The van der Waals surface area contributed by atoms with E-state index >= 15 is 0 Å². The Morgan fingerprint density at radius 3 is 2.42 bits per heavy atom. The number of thiol groups is 1. The van der Waals surface area contributed by atoms with Crippen molar-refractivity contribution in [1.29, 1.82) is 0 Å². The number of nitrogens with zero attached hydrogens (tertiary/aromatic N) is 1. The molecule has 1 aliphatic rings. The zero-order valence-corrected chi connectivity index (χ0v) is 15.0. The van der Waals surface area contributed by atoms with E-state index in [-0.39, 0.29) is 11.5 Å². The summed E-state index contributed by atoms with van der Waals surface area (Å²) in [6.45, 7) is -0.588. The monoisotopic (exact) mass is 407 g/mol. The molecule has 1 rings (SSSR count). The van der Waals surface area contributed by atoms with Crippen molar-refractivity contribution in [1.82, 2.24) is 0 Å². The lowest BCUT2D eigenvalue weighted by Gasteiger charge is -2.39. The number of hydrogen-bond acceptors (Lipinski definition) is 11. The average molecular weight is 407 g/mol. The van der Waals surface area contributed by atoms with Crippen LogP contribution < -0.4 is 0 Å². The van der Waals surface area contributed by atoms with Crippen LogP contribution in [-0.2, 0) is 19.4 Å². The van der Waals surface area contributed by atoms with Gasteiger partial charge >= 0.3 is 10.4 Å². The second-order valence-corrected chi connectivity index (χ2v) is 7.61. The lowest BCUT2D eigenvalue weighted by molar-refractivity contribution is -0.205. The van der Waals surface area contributed by atoms with Crippen molar-refractivity contribution in [2.24, 2.45) is 5.16 Å². The molecule has 5 N–H and O–H groups in total. The van der Waals surface area contributed by atoms with Gasteiger partial charge in [0, 0.05) is 0 Å². The predicted octanol–water partition coefficient (Wildman–Crippen LogP) is -1.25. The maximum Gasteiger partial charge on any atom is 0.466 e. The molecule has 142 valence electrons. The minimum atomic E-state index is -4.79. The summed E-state index contributed by atoms with van der Waals surface area (Å²) < 4.78 is 39.1. The fourth-order valence-corrected chi connectivity index (χ4v) is 3.47. The highest BCUT2D eigenvalue weighted by Crippen LogP contribution is 2.30. The Labute approximate surface area is 149 Å². The molecule has 0 amide bonds. The van der Waals surface area contributed by atoms with E-state index in [0.29, 0.717) is 18.6 Å². The molecule has 0 radical (unpaired) electrons. The maximum atomic E-state index is 10.6. The van der Waals surface area contributed by atoms with Crippen LogP contribution in [0.1, 0.15) is 19.3 Å². The molecule has 0 aromatic rings. The summed E-state index contributed by atoms with van der Waals surface area (Å²) >= 11 is 4.81. The van der Waals surface area contributed by atoms with Crippen molar-refractivity contribution >= 4 is 39.8 Å². The van der Waals surface area contributed by atoms with Gasteiger partial charge < -0.3 is 25.2 Å². The molecule has 24 heavy (non-hydrogen) atoms. The number of oxime groups is 1. The van der Waals surface area contributed by atoms with Gasteiger partial charge in [-0.05, 0) is 25.0 Å². The number of aliphatic hydroxyl groups is 4. The number of aliphatic hydroxyl groups excluding tert-OH is 4. The van der Waals surface area contributed by atoms with Crippen LogP contribution in [0.3, 0.4) is 0 Å². The Balaban J connectivity index is 2.82. The van der Waals surface area contributed by atoms with Crippen molar-refractivity contribution in [3.8, 4) is 0 Å². The van der Waals surface area contributed by atoms with Crippen molar-refractivity contribution in [3.05, 3.63) is 0 Å². The first-order chi connectivity index (χ1) is 11.2. The van der Waals surface area contributed by atoms with E-state index in [1.54, 1.807) is 0 Å². The molecule has 5 unspecified atom stereocenters. The summed E-state index contributed by atoms with van der Waals surface area (Å²) in [5.74, 6) is 0.594. The molecule has 1 saturated heterocycles. The Morgan fingerprint density at radius 2 is 1.88 bits per heavy atom. The van der Waals surface area contributed by atoms with E-state index in [2.05, 4.69) is 22.1 Å². The Hall–Kier alpha value is -0.120. The molecule has 5 atom stereocenters. The standard InChI is InChI=1S/C11H21NO9S3/c13-5-6-8(14)9(15)10(16)11(20-6)23-7(3-1-2-4-22)12-21-24(17,18)19/h6,8-11,13-16,22H,1-5H2,(H,17,18,19). The van der Waals surface area contributed by atoms with Crippen molar-refractivity contribution < 1.29 is 42.4 Å². The largest absolute Gasteiger partial charge is 0.466 e. The van der Waals surface area contributed by atoms with Crippen LogP contribution in [0.2, 0.25) is 0 Å². The van der Waals surface area contributed by atoms with Crippen molar-refractivity contribution in [3.63, 3.8) is 0 Å². The van der Waals surface area contributed by atoms with Gasteiger partial charge in [0.1, 0.15) is 34.9 Å². The Kier molecular flexibility index (Phi) is 9.25. The summed E-state index contributed by atoms with van der Waals surface area (Å²) in [7, 11) is -4.79. The number of thioether (sulfide) groups is 1. The van der Waals surface area contributed by atoms with E-state index in [4.69, 9.17) is 14.4 Å². The molecule has 0 saturated carbocycles. The first kappa shape index (κ1) is 21.9. The molecule has 0 aromatic carbocycles.